The van der Waals surface area contributed by atoms with E-state index in [1.54, 1.807) is 37.3 Å². The Morgan fingerprint density at radius 1 is 1.17 bits per heavy atom. The number of methoxy groups -OCH3 is 1. The van der Waals surface area contributed by atoms with Crippen LogP contribution in [0.1, 0.15) is 40.4 Å². The largest absolute Gasteiger partial charge is 0.465 e. The molecule has 1 heterocycles. The molecule has 7 nitrogen and oxygen atoms in total. The van der Waals surface area contributed by atoms with Gasteiger partial charge in [-0.2, -0.15) is 0 Å². The highest BCUT2D eigenvalue weighted by molar-refractivity contribution is 5.93. The predicted octanol–water partition coefficient (Wildman–Crippen LogP) is 2.45. The molecule has 2 rings (SSSR count). The summed E-state index contributed by atoms with van der Waals surface area (Å²) >= 11 is 0. The number of anilines is 2. The number of rotatable bonds is 5. The number of nitrogens with zero attached hydrogens (tertiary/aromatic N) is 2. The van der Waals surface area contributed by atoms with Crippen LogP contribution in [0.25, 0.3) is 0 Å². The van der Waals surface area contributed by atoms with Crippen LogP contribution in [0.5, 0.6) is 0 Å². The number of amides is 1. The third kappa shape index (κ3) is 4.52. The van der Waals surface area contributed by atoms with Crippen LogP contribution in [0.4, 0.5) is 11.6 Å². The normalized spacial score (nSPS) is 10.4. The summed E-state index contributed by atoms with van der Waals surface area (Å²) in [6.45, 7) is 5.54. The Morgan fingerprint density at radius 3 is 2.58 bits per heavy atom. The third-order valence-electron chi connectivity index (χ3n) is 3.05. The van der Waals surface area contributed by atoms with Crippen LogP contribution >= 0.6 is 0 Å². The first-order chi connectivity index (χ1) is 11.4. The second-order valence-corrected chi connectivity index (χ2v) is 5.54. The smallest absolute Gasteiger partial charge is 0.337 e. The topological polar surface area (TPSA) is 93.2 Å². The average molecular weight is 328 g/mol. The third-order valence-corrected chi connectivity index (χ3v) is 3.05. The fraction of sp³-hybridized carbons (Fsp3) is 0.294. The maximum Gasteiger partial charge on any atom is 0.337 e. The highest BCUT2D eigenvalue weighted by Gasteiger charge is 2.12. The molecule has 0 aliphatic rings. The number of carbonyl (C=O) groups is 2. The van der Waals surface area contributed by atoms with Gasteiger partial charge in [-0.3, -0.25) is 4.79 Å². The van der Waals surface area contributed by atoms with Crippen molar-refractivity contribution >= 4 is 23.5 Å². The fourth-order valence-electron chi connectivity index (χ4n) is 2.05. The molecule has 2 aromatic rings. The molecule has 1 aromatic carbocycles. The van der Waals surface area contributed by atoms with Gasteiger partial charge in [-0.1, -0.05) is 6.07 Å². The van der Waals surface area contributed by atoms with E-state index in [1.807, 2.05) is 13.8 Å². The molecular formula is C17H20N4O3. The first-order valence-corrected chi connectivity index (χ1v) is 7.51. The molecule has 1 aromatic heterocycles. The molecule has 1 amide bonds. The number of carbonyl (C=O) groups excluding carboxylic acids is 2. The van der Waals surface area contributed by atoms with Crippen molar-refractivity contribution in [1.29, 1.82) is 0 Å². The monoisotopic (exact) mass is 328 g/mol. The molecule has 24 heavy (non-hydrogen) atoms. The molecule has 0 aliphatic heterocycles. The molecule has 0 unspecified atom stereocenters. The van der Waals surface area contributed by atoms with Gasteiger partial charge in [0.15, 0.2) is 0 Å². The van der Waals surface area contributed by atoms with Gasteiger partial charge in [0.05, 0.1) is 12.7 Å². The Bertz CT molecular complexity index is 759. The molecule has 0 saturated carbocycles. The molecule has 126 valence electrons. The number of aryl methyl sites for hydroxylation is 1. The summed E-state index contributed by atoms with van der Waals surface area (Å²) in [6, 6.07) is 8.40. The van der Waals surface area contributed by atoms with Crippen molar-refractivity contribution in [3.8, 4) is 0 Å². The van der Waals surface area contributed by atoms with Gasteiger partial charge >= 0.3 is 5.97 Å². The molecule has 0 aliphatic carbocycles. The maximum absolute atomic E-state index is 12.1. The van der Waals surface area contributed by atoms with Crippen molar-refractivity contribution in [2.75, 3.05) is 12.4 Å². The van der Waals surface area contributed by atoms with E-state index in [-0.39, 0.29) is 23.6 Å². The number of benzene rings is 1. The van der Waals surface area contributed by atoms with Crippen LogP contribution in [0, 0.1) is 6.92 Å². The average Bonchev–Trinajstić information content (AvgIpc) is 2.53. The zero-order valence-corrected chi connectivity index (χ0v) is 14.1. The minimum Gasteiger partial charge on any atom is -0.465 e. The van der Waals surface area contributed by atoms with Crippen molar-refractivity contribution in [1.82, 2.24) is 15.3 Å². The number of ether oxygens (including phenoxy) is 1. The summed E-state index contributed by atoms with van der Waals surface area (Å²) in [5.41, 5.74) is 1.97. The summed E-state index contributed by atoms with van der Waals surface area (Å²) in [5.74, 6) is -0.409. The van der Waals surface area contributed by atoms with Gasteiger partial charge in [0.1, 0.15) is 5.69 Å². The van der Waals surface area contributed by atoms with Crippen molar-refractivity contribution < 1.29 is 14.3 Å². The Balaban J connectivity index is 2.25. The highest BCUT2D eigenvalue weighted by Crippen LogP contribution is 2.16. The summed E-state index contributed by atoms with van der Waals surface area (Å²) in [6.07, 6.45) is 0. The van der Waals surface area contributed by atoms with Gasteiger partial charge in [-0.15, -0.1) is 0 Å². The van der Waals surface area contributed by atoms with Gasteiger partial charge in [-0.25, -0.2) is 14.8 Å². The molecule has 0 bridgehead atoms. The zero-order chi connectivity index (χ0) is 17.7. The lowest BCUT2D eigenvalue weighted by Gasteiger charge is -2.11. The van der Waals surface area contributed by atoms with Crippen molar-refractivity contribution in [3.63, 3.8) is 0 Å². The van der Waals surface area contributed by atoms with E-state index in [0.29, 0.717) is 16.9 Å². The Morgan fingerprint density at radius 2 is 1.92 bits per heavy atom. The van der Waals surface area contributed by atoms with Crippen LogP contribution in [0.15, 0.2) is 30.3 Å². The van der Waals surface area contributed by atoms with E-state index in [2.05, 4.69) is 20.6 Å². The molecule has 0 spiro atoms. The minimum absolute atomic E-state index is 0.0147. The van der Waals surface area contributed by atoms with Crippen LogP contribution in [-0.2, 0) is 4.74 Å². The lowest BCUT2D eigenvalue weighted by molar-refractivity contribution is 0.0600. The molecule has 0 saturated heterocycles. The van der Waals surface area contributed by atoms with E-state index in [1.165, 1.54) is 7.11 Å². The number of nitrogens with one attached hydrogen (secondary N) is 2. The van der Waals surface area contributed by atoms with Crippen molar-refractivity contribution in [2.24, 2.45) is 0 Å². The minimum atomic E-state index is -0.430. The fourth-order valence-corrected chi connectivity index (χ4v) is 2.05. The second kappa shape index (κ2) is 7.54. The first kappa shape index (κ1) is 17.4. The van der Waals surface area contributed by atoms with Gasteiger partial charge < -0.3 is 15.4 Å². The molecule has 0 atom stereocenters. The van der Waals surface area contributed by atoms with Crippen LogP contribution in [-0.4, -0.2) is 35.0 Å². The highest BCUT2D eigenvalue weighted by atomic mass is 16.5. The van der Waals surface area contributed by atoms with E-state index < -0.39 is 5.97 Å². The first-order valence-electron chi connectivity index (χ1n) is 7.51. The van der Waals surface area contributed by atoms with Crippen molar-refractivity contribution in [3.05, 3.63) is 47.3 Å². The summed E-state index contributed by atoms with van der Waals surface area (Å²) in [7, 11) is 1.33. The number of aromatic nitrogens is 2. The van der Waals surface area contributed by atoms with Gasteiger partial charge in [-0.05, 0) is 45.0 Å². The van der Waals surface area contributed by atoms with E-state index in [0.717, 1.165) is 0 Å². The zero-order valence-electron chi connectivity index (χ0n) is 14.1. The lowest BCUT2D eigenvalue weighted by atomic mass is 10.2. The van der Waals surface area contributed by atoms with Crippen molar-refractivity contribution in [2.45, 2.75) is 26.8 Å². The molecule has 0 fully saturated rings. The van der Waals surface area contributed by atoms with Gasteiger partial charge in [0.25, 0.3) is 5.91 Å². The maximum atomic E-state index is 12.1. The SMILES string of the molecule is COC(=O)c1cccc(Nc2nc(C)cc(C(=O)NC(C)C)n2)c1. The van der Waals surface area contributed by atoms with Crippen LogP contribution in [0.2, 0.25) is 0 Å². The predicted molar refractivity (Wildman–Crippen MR) is 90.4 cm³/mol. The lowest BCUT2D eigenvalue weighted by Crippen LogP contribution is -2.31. The molecule has 2 N–H and O–H groups in total. The van der Waals surface area contributed by atoms with E-state index in [4.69, 9.17) is 4.74 Å². The van der Waals surface area contributed by atoms with Gasteiger partial charge in [0, 0.05) is 17.4 Å². The van der Waals surface area contributed by atoms with E-state index in [9.17, 15) is 9.59 Å². The quantitative estimate of drug-likeness (QED) is 0.819. The summed E-state index contributed by atoms with van der Waals surface area (Å²) < 4.78 is 4.70. The van der Waals surface area contributed by atoms with Crippen LogP contribution in [0.3, 0.4) is 0 Å². The van der Waals surface area contributed by atoms with Gasteiger partial charge in [0.2, 0.25) is 5.95 Å². The summed E-state index contributed by atoms with van der Waals surface area (Å²) in [5, 5.41) is 5.79. The number of hydrogen-bond donors (Lipinski definition) is 2. The summed E-state index contributed by atoms with van der Waals surface area (Å²) in [4.78, 5) is 32.2. The van der Waals surface area contributed by atoms with E-state index >= 15 is 0 Å². The standard InChI is InChI=1S/C17H20N4O3/c1-10(2)18-15(22)14-8-11(3)19-17(21-14)20-13-7-5-6-12(9-13)16(23)24-4/h5-10H,1-4H3,(H,18,22)(H,19,20,21). The second-order valence-electron chi connectivity index (χ2n) is 5.54. The molecule has 7 heteroatoms. The van der Waals surface area contributed by atoms with Crippen LogP contribution < -0.4 is 10.6 Å². The molecular weight excluding hydrogens is 308 g/mol. The Kier molecular flexibility index (Phi) is 5.47. The number of hydrogen-bond acceptors (Lipinski definition) is 6. The number of esters is 1. The Labute approximate surface area is 140 Å². The molecule has 0 radical (unpaired) electrons. The Hall–Kier alpha value is -2.96.